The highest BCUT2D eigenvalue weighted by Crippen LogP contribution is 2.24. The van der Waals surface area contributed by atoms with Crippen molar-refractivity contribution in [3.8, 4) is 0 Å². The van der Waals surface area contributed by atoms with Crippen LogP contribution in [-0.2, 0) is 19.3 Å². The van der Waals surface area contributed by atoms with Crippen LogP contribution in [0.25, 0.3) is 0 Å². The van der Waals surface area contributed by atoms with Gasteiger partial charge in [-0.05, 0) is 72.6 Å². The highest BCUT2D eigenvalue weighted by atomic mass is 35.5. The molecule has 0 amide bonds. The Balaban J connectivity index is 2.28. The van der Waals surface area contributed by atoms with Crippen molar-refractivity contribution >= 4 is 11.6 Å². The topological polar surface area (TPSA) is 0 Å². The van der Waals surface area contributed by atoms with Crippen LogP contribution in [0, 0.1) is 13.8 Å². The number of hydrogen-bond acceptors (Lipinski definition) is 0. The highest BCUT2D eigenvalue weighted by molar-refractivity contribution is 6.31. The van der Waals surface area contributed by atoms with Gasteiger partial charge in [-0.1, -0.05) is 49.7 Å². The lowest BCUT2D eigenvalue weighted by atomic mass is 9.96. The first-order chi connectivity index (χ1) is 9.55. The molecule has 0 atom stereocenters. The van der Waals surface area contributed by atoms with E-state index in [9.17, 15) is 0 Å². The summed E-state index contributed by atoms with van der Waals surface area (Å²) < 4.78 is 0. The van der Waals surface area contributed by atoms with E-state index < -0.39 is 0 Å². The molecule has 0 aliphatic rings. The molecule has 0 unspecified atom stereocenters. The Hall–Kier alpha value is -1.27. The molecule has 2 aromatic carbocycles. The predicted octanol–water partition coefficient (Wildman–Crippen LogP) is 5.67. The van der Waals surface area contributed by atoms with Crippen molar-refractivity contribution in [3.05, 3.63) is 68.7 Å². The molecule has 0 aliphatic carbocycles. The van der Waals surface area contributed by atoms with Crippen molar-refractivity contribution in [2.75, 3.05) is 0 Å². The van der Waals surface area contributed by atoms with Crippen molar-refractivity contribution in [1.82, 2.24) is 0 Å². The van der Waals surface area contributed by atoms with E-state index in [4.69, 9.17) is 11.6 Å². The summed E-state index contributed by atoms with van der Waals surface area (Å²) in [4.78, 5) is 0. The normalized spacial score (nSPS) is 10.8. The third-order valence-corrected chi connectivity index (χ3v) is 4.37. The van der Waals surface area contributed by atoms with Crippen LogP contribution in [-0.4, -0.2) is 0 Å². The van der Waals surface area contributed by atoms with E-state index in [1.165, 1.54) is 33.4 Å². The first kappa shape index (κ1) is 15.1. The summed E-state index contributed by atoms with van der Waals surface area (Å²) >= 11 is 6.38. The minimum Gasteiger partial charge on any atom is -0.0840 e. The van der Waals surface area contributed by atoms with E-state index in [2.05, 4.69) is 58.0 Å². The third-order valence-electron chi connectivity index (χ3n) is 4.03. The monoisotopic (exact) mass is 286 g/mol. The van der Waals surface area contributed by atoms with Crippen LogP contribution >= 0.6 is 11.6 Å². The van der Waals surface area contributed by atoms with E-state index in [-0.39, 0.29) is 0 Å². The average molecular weight is 287 g/mol. The van der Waals surface area contributed by atoms with E-state index >= 15 is 0 Å². The molecule has 0 aromatic heterocycles. The molecule has 1 heteroatoms. The second kappa shape index (κ2) is 6.45. The van der Waals surface area contributed by atoms with Crippen molar-refractivity contribution < 1.29 is 0 Å². The molecule has 0 bridgehead atoms. The van der Waals surface area contributed by atoms with Gasteiger partial charge in [0, 0.05) is 5.02 Å². The fourth-order valence-corrected chi connectivity index (χ4v) is 3.32. The first-order valence-corrected chi connectivity index (χ1v) is 7.79. The lowest BCUT2D eigenvalue weighted by molar-refractivity contribution is 1.07. The molecule has 0 heterocycles. The smallest absolute Gasteiger partial charge is 0.0443 e. The van der Waals surface area contributed by atoms with E-state index in [1.807, 2.05) is 0 Å². The Morgan fingerprint density at radius 2 is 1.55 bits per heavy atom. The summed E-state index contributed by atoms with van der Waals surface area (Å²) in [6.45, 7) is 8.70. The molecule has 0 N–H and O–H groups in total. The van der Waals surface area contributed by atoms with Crippen LogP contribution < -0.4 is 0 Å². The maximum Gasteiger partial charge on any atom is 0.0443 e. The summed E-state index contributed by atoms with van der Waals surface area (Å²) in [7, 11) is 0. The fourth-order valence-electron chi connectivity index (χ4n) is 2.90. The molecular weight excluding hydrogens is 264 g/mol. The predicted molar refractivity (Wildman–Crippen MR) is 88.9 cm³/mol. The number of rotatable bonds is 4. The van der Waals surface area contributed by atoms with E-state index in [0.29, 0.717) is 0 Å². The minimum atomic E-state index is 0.907. The van der Waals surface area contributed by atoms with Crippen LogP contribution in [0.4, 0.5) is 0 Å². The summed E-state index contributed by atoms with van der Waals surface area (Å²) in [5, 5.41) is 0.907. The van der Waals surface area contributed by atoms with Gasteiger partial charge in [0.05, 0.1) is 0 Å². The Kier molecular flexibility index (Phi) is 4.88. The quantitative estimate of drug-likeness (QED) is 0.679. The molecule has 2 aromatic rings. The lowest BCUT2D eigenvalue weighted by Gasteiger charge is -2.11. The Morgan fingerprint density at radius 1 is 0.850 bits per heavy atom. The first-order valence-electron chi connectivity index (χ1n) is 7.41. The SMILES string of the molecule is CCc1ccc(Cc2cc(C)c(CC)c(Cl)c2)cc1C. The summed E-state index contributed by atoms with van der Waals surface area (Å²) in [5.41, 5.74) is 8.06. The van der Waals surface area contributed by atoms with Gasteiger partial charge in [0.25, 0.3) is 0 Å². The molecule has 0 saturated carbocycles. The van der Waals surface area contributed by atoms with Crippen molar-refractivity contribution in [3.63, 3.8) is 0 Å². The highest BCUT2D eigenvalue weighted by Gasteiger charge is 2.06. The molecule has 2 rings (SSSR count). The molecule has 0 radical (unpaired) electrons. The summed E-state index contributed by atoms with van der Waals surface area (Å²) in [5.74, 6) is 0. The Morgan fingerprint density at radius 3 is 2.10 bits per heavy atom. The van der Waals surface area contributed by atoms with Crippen molar-refractivity contribution in [1.29, 1.82) is 0 Å². The zero-order chi connectivity index (χ0) is 14.7. The minimum absolute atomic E-state index is 0.907. The molecule has 20 heavy (non-hydrogen) atoms. The Bertz CT molecular complexity index is 588. The standard InChI is InChI=1S/C19H23Cl/c1-5-17-8-7-15(9-13(17)3)11-16-10-14(4)18(6-2)19(20)12-16/h7-10,12H,5-6,11H2,1-4H3. The summed E-state index contributed by atoms with van der Waals surface area (Å²) in [6, 6.07) is 11.2. The zero-order valence-electron chi connectivity index (χ0n) is 12.9. The molecular formula is C19H23Cl. The van der Waals surface area contributed by atoms with Gasteiger partial charge in [0.1, 0.15) is 0 Å². The van der Waals surface area contributed by atoms with Crippen molar-refractivity contribution in [2.45, 2.75) is 47.0 Å². The maximum atomic E-state index is 6.38. The lowest BCUT2D eigenvalue weighted by Crippen LogP contribution is -1.96. The van der Waals surface area contributed by atoms with Crippen LogP contribution in [0.1, 0.15) is 47.2 Å². The van der Waals surface area contributed by atoms with Gasteiger partial charge in [-0.2, -0.15) is 0 Å². The second-order valence-corrected chi connectivity index (χ2v) is 5.93. The van der Waals surface area contributed by atoms with E-state index in [0.717, 1.165) is 24.3 Å². The molecule has 0 fully saturated rings. The van der Waals surface area contributed by atoms with Crippen LogP contribution in [0.15, 0.2) is 30.3 Å². The molecule has 0 saturated heterocycles. The Labute approximate surface area is 127 Å². The number of hydrogen-bond donors (Lipinski definition) is 0. The van der Waals surface area contributed by atoms with Crippen molar-refractivity contribution in [2.24, 2.45) is 0 Å². The fraction of sp³-hybridized carbons (Fsp3) is 0.368. The van der Waals surface area contributed by atoms with Crippen LogP contribution in [0.2, 0.25) is 5.02 Å². The zero-order valence-corrected chi connectivity index (χ0v) is 13.6. The second-order valence-electron chi connectivity index (χ2n) is 5.52. The average Bonchev–Trinajstić information content (AvgIpc) is 2.38. The molecule has 0 nitrogen and oxygen atoms in total. The van der Waals surface area contributed by atoms with Gasteiger partial charge in [0.15, 0.2) is 0 Å². The number of halogens is 1. The maximum absolute atomic E-state index is 6.38. The molecule has 0 aliphatic heterocycles. The van der Waals surface area contributed by atoms with Gasteiger partial charge in [0.2, 0.25) is 0 Å². The van der Waals surface area contributed by atoms with Crippen LogP contribution in [0.5, 0.6) is 0 Å². The number of benzene rings is 2. The van der Waals surface area contributed by atoms with Gasteiger partial charge < -0.3 is 0 Å². The van der Waals surface area contributed by atoms with E-state index in [1.54, 1.807) is 0 Å². The number of aryl methyl sites for hydroxylation is 3. The largest absolute Gasteiger partial charge is 0.0840 e. The summed E-state index contributed by atoms with van der Waals surface area (Å²) in [6.07, 6.45) is 3.05. The third kappa shape index (κ3) is 3.24. The molecule has 0 spiro atoms. The van der Waals surface area contributed by atoms with Gasteiger partial charge >= 0.3 is 0 Å². The molecule has 106 valence electrons. The van der Waals surface area contributed by atoms with Crippen LogP contribution in [0.3, 0.4) is 0 Å². The van der Waals surface area contributed by atoms with Gasteiger partial charge in [-0.25, -0.2) is 0 Å². The van der Waals surface area contributed by atoms with Gasteiger partial charge in [-0.3, -0.25) is 0 Å². The van der Waals surface area contributed by atoms with Gasteiger partial charge in [-0.15, -0.1) is 0 Å².